The first kappa shape index (κ1) is 23.4. The van der Waals surface area contributed by atoms with E-state index in [1.807, 2.05) is 12.1 Å². The summed E-state index contributed by atoms with van der Waals surface area (Å²) >= 11 is 7.41. The third-order valence-electron chi connectivity index (χ3n) is 5.30. The largest absolute Gasteiger partial charge is 0.465 e. The van der Waals surface area contributed by atoms with Crippen molar-refractivity contribution in [2.45, 2.75) is 46.6 Å². The van der Waals surface area contributed by atoms with Crippen LogP contribution in [0.5, 0.6) is 0 Å². The van der Waals surface area contributed by atoms with Crippen LogP contribution in [0, 0.1) is 0 Å². The Morgan fingerprint density at radius 2 is 1.97 bits per heavy atom. The zero-order chi connectivity index (χ0) is 22.9. The Morgan fingerprint density at radius 1 is 1.26 bits per heavy atom. The Labute approximate surface area is 192 Å². The van der Waals surface area contributed by atoms with Crippen LogP contribution >= 0.6 is 23.4 Å². The molecule has 0 saturated carbocycles. The number of carbonyl (C=O) groups excluding carboxylic acids is 3. The second-order valence-electron chi connectivity index (χ2n) is 8.10. The molecule has 1 fully saturated rings. The van der Waals surface area contributed by atoms with E-state index in [4.69, 9.17) is 16.3 Å². The lowest BCUT2D eigenvalue weighted by molar-refractivity contribution is -0.145. The smallest absolute Gasteiger partial charge is 0.326 e. The van der Waals surface area contributed by atoms with E-state index in [1.165, 1.54) is 0 Å². The number of hydrogen-bond donors (Lipinski definition) is 0. The summed E-state index contributed by atoms with van der Waals surface area (Å²) in [6.07, 6.45) is 4.86. The summed E-state index contributed by atoms with van der Waals surface area (Å²) in [5, 5.41) is 0.00729. The number of nitrogens with zero attached hydrogens (tertiary/aromatic N) is 2. The molecule has 2 aliphatic rings. The molecule has 3 rings (SSSR count). The molecule has 0 bridgehead atoms. The Kier molecular flexibility index (Phi) is 6.86. The van der Waals surface area contributed by atoms with Crippen LogP contribution in [0.2, 0.25) is 5.02 Å². The lowest BCUT2D eigenvalue weighted by Crippen LogP contribution is -2.45. The highest BCUT2D eigenvalue weighted by molar-refractivity contribution is 8.18. The number of allylic oxidation sites excluding steroid dienone is 1. The number of anilines is 1. The van der Waals surface area contributed by atoms with Crippen molar-refractivity contribution in [1.29, 1.82) is 0 Å². The highest BCUT2D eigenvalue weighted by Gasteiger charge is 2.37. The van der Waals surface area contributed by atoms with Gasteiger partial charge in [0.05, 0.1) is 17.1 Å². The second-order valence-corrected chi connectivity index (χ2v) is 9.50. The van der Waals surface area contributed by atoms with Crippen LogP contribution in [0.15, 0.2) is 23.1 Å². The van der Waals surface area contributed by atoms with Gasteiger partial charge in [0.2, 0.25) is 0 Å². The predicted molar refractivity (Wildman–Crippen MR) is 126 cm³/mol. The van der Waals surface area contributed by atoms with Crippen molar-refractivity contribution < 1.29 is 19.1 Å². The Balaban J connectivity index is 1.96. The monoisotopic (exact) mass is 462 g/mol. The average molecular weight is 463 g/mol. The number of halogens is 1. The molecule has 0 N–H and O–H groups in total. The van der Waals surface area contributed by atoms with E-state index in [2.05, 4.69) is 38.7 Å². The van der Waals surface area contributed by atoms with E-state index in [1.54, 1.807) is 13.0 Å². The van der Waals surface area contributed by atoms with E-state index < -0.39 is 23.7 Å². The van der Waals surface area contributed by atoms with Crippen LogP contribution in [0.4, 0.5) is 10.5 Å². The maximum atomic E-state index is 12.7. The molecule has 1 aromatic carbocycles. The average Bonchev–Trinajstić information content (AvgIpc) is 2.93. The van der Waals surface area contributed by atoms with Gasteiger partial charge in [0, 0.05) is 22.8 Å². The highest BCUT2D eigenvalue weighted by Crippen LogP contribution is 2.42. The summed E-state index contributed by atoms with van der Waals surface area (Å²) < 4.78 is 4.85. The molecule has 2 heterocycles. The topological polar surface area (TPSA) is 66.9 Å². The van der Waals surface area contributed by atoms with Crippen LogP contribution < -0.4 is 4.90 Å². The molecule has 8 heteroatoms. The lowest BCUT2D eigenvalue weighted by Gasteiger charge is -2.43. The van der Waals surface area contributed by atoms with Gasteiger partial charge in [-0.2, -0.15) is 0 Å². The molecule has 0 unspecified atom stereocenters. The van der Waals surface area contributed by atoms with Crippen LogP contribution in [0.25, 0.3) is 11.6 Å². The van der Waals surface area contributed by atoms with E-state index in [0.717, 1.165) is 46.5 Å². The van der Waals surface area contributed by atoms with Gasteiger partial charge in [0.25, 0.3) is 11.1 Å². The third kappa shape index (κ3) is 4.67. The van der Waals surface area contributed by atoms with Gasteiger partial charge in [0.15, 0.2) is 0 Å². The summed E-state index contributed by atoms with van der Waals surface area (Å²) in [7, 11) is 0. The molecule has 0 aromatic heterocycles. The summed E-state index contributed by atoms with van der Waals surface area (Å²) in [6, 6.07) is 3.89. The number of benzene rings is 1. The number of carbonyl (C=O) groups is 3. The van der Waals surface area contributed by atoms with Crippen LogP contribution in [-0.4, -0.2) is 47.3 Å². The maximum absolute atomic E-state index is 12.7. The van der Waals surface area contributed by atoms with Crippen molar-refractivity contribution in [1.82, 2.24) is 4.90 Å². The Bertz CT molecular complexity index is 1000. The minimum Gasteiger partial charge on any atom is -0.465 e. The molecule has 0 aliphatic carbocycles. The van der Waals surface area contributed by atoms with Gasteiger partial charge in [-0.25, -0.2) is 0 Å². The number of hydrogen-bond acceptors (Lipinski definition) is 6. The van der Waals surface area contributed by atoms with E-state index in [9.17, 15) is 14.4 Å². The summed E-state index contributed by atoms with van der Waals surface area (Å²) in [6.45, 7) is 10.9. The first-order chi connectivity index (χ1) is 14.6. The van der Waals surface area contributed by atoms with Crippen molar-refractivity contribution >= 4 is 57.8 Å². The first-order valence-corrected chi connectivity index (χ1v) is 11.5. The van der Waals surface area contributed by atoms with Crippen LogP contribution in [0.3, 0.4) is 0 Å². The van der Waals surface area contributed by atoms with Crippen molar-refractivity contribution in [3.8, 4) is 0 Å². The fraction of sp³-hybridized carbons (Fsp3) is 0.435. The quantitative estimate of drug-likeness (QED) is 0.419. The lowest BCUT2D eigenvalue weighted by atomic mass is 9.87. The molecule has 2 amide bonds. The van der Waals surface area contributed by atoms with Gasteiger partial charge < -0.3 is 9.64 Å². The van der Waals surface area contributed by atoms with Crippen molar-refractivity contribution in [3.63, 3.8) is 0 Å². The van der Waals surface area contributed by atoms with E-state index in [0.29, 0.717) is 10.6 Å². The molecular weight excluding hydrogens is 436 g/mol. The molecule has 31 heavy (non-hydrogen) atoms. The Hall–Kier alpha value is -2.25. The predicted octanol–water partition coefficient (Wildman–Crippen LogP) is 5.35. The number of esters is 1. The van der Waals surface area contributed by atoms with Crippen molar-refractivity contribution in [3.05, 3.63) is 39.3 Å². The fourth-order valence-corrected chi connectivity index (χ4v) is 5.01. The van der Waals surface area contributed by atoms with E-state index >= 15 is 0 Å². The third-order valence-corrected chi connectivity index (χ3v) is 6.53. The van der Waals surface area contributed by atoms with Gasteiger partial charge in [-0.1, -0.05) is 24.6 Å². The van der Waals surface area contributed by atoms with Crippen LogP contribution in [0.1, 0.15) is 52.2 Å². The molecule has 6 nitrogen and oxygen atoms in total. The van der Waals surface area contributed by atoms with Gasteiger partial charge in [0.1, 0.15) is 6.54 Å². The normalized spacial score (nSPS) is 19.0. The molecule has 166 valence electrons. The number of ether oxygens (including phenoxy) is 1. The summed E-state index contributed by atoms with van der Waals surface area (Å²) in [4.78, 5) is 40.1. The number of thioether (sulfide) groups is 1. The SMILES string of the molecule is CCCN1c2cc(Cl)c(/C=C3\SC(=O)N(CC(=O)OCC)C3=O)cc2C(C)=CC1(C)C. The van der Waals surface area contributed by atoms with Crippen molar-refractivity contribution in [2.24, 2.45) is 0 Å². The molecule has 2 aliphatic heterocycles. The number of fused-ring (bicyclic) bond motifs is 1. The molecular formula is C23H27ClN2O4S. The molecule has 0 spiro atoms. The minimum absolute atomic E-state index is 0.131. The Morgan fingerprint density at radius 3 is 2.61 bits per heavy atom. The van der Waals surface area contributed by atoms with Gasteiger partial charge in [-0.3, -0.25) is 19.3 Å². The zero-order valence-electron chi connectivity index (χ0n) is 18.5. The van der Waals surface area contributed by atoms with E-state index in [-0.39, 0.29) is 17.1 Å². The van der Waals surface area contributed by atoms with Gasteiger partial charge in [-0.05, 0) is 75.2 Å². The first-order valence-electron chi connectivity index (χ1n) is 10.3. The maximum Gasteiger partial charge on any atom is 0.326 e. The molecule has 1 saturated heterocycles. The number of imide groups is 1. The number of amides is 2. The molecule has 1 aromatic rings. The molecule has 0 atom stereocenters. The minimum atomic E-state index is -0.614. The van der Waals surface area contributed by atoms with Gasteiger partial charge in [-0.15, -0.1) is 0 Å². The summed E-state index contributed by atoms with van der Waals surface area (Å²) in [5.41, 5.74) is 3.77. The number of rotatable bonds is 6. The molecule has 0 radical (unpaired) electrons. The van der Waals surface area contributed by atoms with Crippen LogP contribution in [-0.2, 0) is 14.3 Å². The fourth-order valence-electron chi connectivity index (χ4n) is 3.97. The van der Waals surface area contributed by atoms with Crippen molar-refractivity contribution in [2.75, 3.05) is 24.6 Å². The zero-order valence-corrected chi connectivity index (χ0v) is 20.0. The highest BCUT2D eigenvalue weighted by atomic mass is 35.5. The summed E-state index contributed by atoms with van der Waals surface area (Å²) in [5.74, 6) is -1.13. The van der Waals surface area contributed by atoms with Gasteiger partial charge >= 0.3 is 5.97 Å². The standard InChI is InChI=1S/C23H27ClN2O4S/c1-6-8-26-18-11-17(24)15(9-16(18)14(3)12-23(26,4)5)10-19-21(28)25(22(29)31-19)13-20(27)30-7-2/h9-12H,6-8,13H2,1-5H3/b19-10-. The second kappa shape index (κ2) is 9.09.